The topological polar surface area (TPSA) is 19.6 Å². The minimum atomic E-state index is 0.874. The fourth-order valence-corrected chi connectivity index (χ4v) is 2.68. The van der Waals surface area contributed by atoms with Gasteiger partial charge >= 0.3 is 0 Å². The molecule has 0 bridgehead atoms. The third kappa shape index (κ3) is 1.51. The first-order chi connectivity index (χ1) is 9.33. The second kappa shape index (κ2) is 3.79. The van der Waals surface area contributed by atoms with Gasteiger partial charge in [-0.2, -0.15) is 0 Å². The fraction of sp³-hybridized carbons (Fsp3) is 0.125. The van der Waals surface area contributed by atoms with E-state index in [4.69, 9.17) is 4.42 Å². The average Bonchev–Trinajstić information content (AvgIpc) is 3.01. The number of anilines is 1. The highest BCUT2D eigenvalue weighted by molar-refractivity contribution is 6.11. The zero-order valence-corrected chi connectivity index (χ0v) is 10.7. The normalized spacial score (nSPS) is 15.0. The minimum Gasteiger partial charge on any atom is -0.456 e. The quantitative estimate of drug-likeness (QED) is 0.655. The standard InChI is InChI=1S/C16H14N2O/c1-17-9-10-18(11-17)13-6-4-8-15-16(13)12-5-2-3-7-14(12)19-15/h2-10H,11H2,1H3. The number of fused-ring (bicyclic) bond motifs is 3. The molecule has 0 N–H and O–H groups in total. The smallest absolute Gasteiger partial charge is 0.137 e. The summed E-state index contributed by atoms with van der Waals surface area (Å²) in [5.74, 6) is 0. The lowest BCUT2D eigenvalue weighted by Crippen LogP contribution is -2.21. The van der Waals surface area contributed by atoms with E-state index in [0.29, 0.717) is 0 Å². The first-order valence-corrected chi connectivity index (χ1v) is 6.38. The Balaban J connectivity index is 2.02. The van der Waals surface area contributed by atoms with Crippen LogP contribution < -0.4 is 4.90 Å². The lowest BCUT2D eigenvalue weighted by Gasteiger charge is -2.19. The number of rotatable bonds is 1. The van der Waals surface area contributed by atoms with Gasteiger partial charge in [-0.15, -0.1) is 0 Å². The van der Waals surface area contributed by atoms with Gasteiger partial charge in [0.15, 0.2) is 0 Å². The summed E-state index contributed by atoms with van der Waals surface area (Å²) in [6.45, 7) is 0.874. The molecule has 0 radical (unpaired) electrons. The molecule has 3 heteroatoms. The Hall–Kier alpha value is -2.42. The largest absolute Gasteiger partial charge is 0.456 e. The molecule has 94 valence electrons. The Morgan fingerprint density at radius 1 is 0.947 bits per heavy atom. The summed E-state index contributed by atoms with van der Waals surface area (Å²) in [4.78, 5) is 4.39. The lowest BCUT2D eigenvalue weighted by atomic mass is 10.1. The molecule has 4 rings (SSSR count). The second-order valence-electron chi connectivity index (χ2n) is 4.91. The van der Waals surface area contributed by atoms with Crippen molar-refractivity contribution in [2.45, 2.75) is 0 Å². The van der Waals surface area contributed by atoms with Gasteiger partial charge in [0.25, 0.3) is 0 Å². The molecule has 3 aromatic rings. The van der Waals surface area contributed by atoms with Crippen molar-refractivity contribution >= 4 is 27.6 Å². The van der Waals surface area contributed by atoms with Crippen LogP contribution in [0, 0.1) is 0 Å². The first kappa shape index (κ1) is 10.5. The highest BCUT2D eigenvalue weighted by atomic mass is 16.3. The van der Waals surface area contributed by atoms with Gasteiger partial charge in [0.2, 0.25) is 0 Å². The zero-order valence-electron chi connectivity index (χ0n) is 10.7. The molecule has 3 nitrogen and oxygen atoms in total. The number of nitrogens with zero attached hydrogens (tertiary/aromatic N) is 2. The van der Waals surface area contributed by atoms with Crippen LogP contribution in [0.1, 0.15) is 0 Å². The highest BCUT2D eigenvalue weighted by Gasteiger charge is 2.17. The van der Waals surface area contributed by atoms with E-state index in [9.17, 15) is 0 Å². The van der Waals surface area contributed by atoms with Gasteiger partial charge < -0.3 is 14.2 Å². The van der Waals surface area contributed by atoms with Crippen LogP contribution >= 0.6 is 0 Å². The molecule has 0 atom stereocenters. The molecule has 0 aliphatic carbocycles. The van der Waals surface area contributed by atoms with Crippen LogP contribution in [0.3, 0.4) is 0 Å². The third-order valence-corrected chi connectivity index (χ3v) is 3.57. The Labute approximate surface area is 111 Å². The molecule has 1 aromatic heterocycles. The molecular formula is C16H14N2O. The van der Waals surface area contributed by atoms with Crippen molar-refractivity contribution < 1.29 is 4.42 Å². The van der Waals surface area contributed by atoms with E-state index in [1.165, 1.54) is 16.5 Å². The molecule has 1 aliphatic heterocycles. The summed E-state index contributed by atoms with van der Waals surface area (Å²) in [5, 5.41) is 2.37. The Kier molecular flexibility index (Phi) is 2.09. The number of hydrogen-bond acceptors (Lipinski definition) is 3. The molecule has 2 aromatic carbocycles. The molecule has 1 aliphatic rings. The zero-order chi connectivity index (χ0) is 12.8. The van der Waals surface area contributed by atoms with Crippen LogP contribution in [0.15, 0.2) is 59.3 Å². The summed E-state index contributed by atoms with van der Waals surface area (Å²) < 4.78 is 5.92. The van der Waals surface area contributed by atoms with Crippen molar-refractivity contribution in [2.75, 3.05) is 18.6 Å². The highest BCUT2D eigenvalue weighted by Crippen LogP contribution is 2.36. The molecule has 0 saturated carbocycles. The Bertz CT molecular complexity index is 788. The van der Waals surface area contributed by atoms with Crippen molar-refractivity contribution in [3.05, 3.63) is 54.9 Å². The van der Waals surface area contributed by atoms with E-state index < -0.39 is 0 Å². The van der Waals surface area contributed by atoms with Gasteiger partial charge in [0, 0.05) is 24.8 Å². The maximum atomic E-state index is 5.92. The predicted molar refractivity (Wildman–Crippen MR) is 78.0 cm³/mol. The summed E-state index contributed by atoms with van der Waals surface area (Å²) >= 11 is 0. The SMILES string of the molecule is CN1C=CN(c2cccc3oc4ccccc4c23)C1. The number of benzene rings is 2. The van der Waals surface area contributed by atoms with E-state index in [1.807, 2.05) is 24.3 Å². The van der Waals surface area contributed by atoms with Crippen LogP contribution in [-0.4, -0.2) is 18.6 Å². The van der Waals surface area contributed by atoms with Crippen LogP contribution in [-0.2, 0) is 0 Å². The van der Waals surface area contributed by atoms with Gasteiger partial charge in [-0.1, -0.05) is 24.3 Å². The van der Waals surface area contributed by atoms with Gasteiger partial charge in [0.05, 0.1) is 17.7 Å². The van der Waals surface area contributed by atoms with Gasteiger partial charge in [-0.25, -0.2) is 0 Å². The summed E-state index contributed by atoms with van der Waals surface area (Å²) in [6.07, 6.45) is 4.19. The van der Waals surface area contributed by atoms with Gasteiger partial charge in [-0.3, -0.25) is 0 Å². The molecule has 0 amide bonds. The maximum Gasteiger partial charge on any atom is 0.137 e. The Morgan fingerprint density at radius 3 is 2.63 bits per heavy atom. The number of furan rings is 1. The predicted octanol–water partition coefficient (Wildman–Crippen LogP) is 3.77. The van der Waals surface area contributed by atoms with Crippen LogP contribution in [0.2, 0.25) is 0 Å². The molecular weight excluding hydrogens is 236 g/mol. The summed E-state index contributed by atoms with van der Waals surface area (Å²) in [5.41, 5.74) is 3.09. The van der Waals surface area contributed by atoms with Crippen molar-refractivity contribution in [1.82, 2.24) is 4.90 Å². The second-order valence-corrected chi connectivity index (χ2v) is 4.91. The molecule has 2 heterocycles. The van der Waals surface area contributed by atoms with Crippen LogP contribution in [0.4, 0.5) is 5.69 Å². The van der Waals surface area contributed by atoms with Crippen molar-refractivity contribution in [2.24, 2.45) is 0 Å². The monoisotopic (exact) mass is 250 g/mol. The first-order valence-electron chi connectivity index (χ1n) is 6.38. The summed E-state index contributed by atoms with van der Waals surface area (Å²) in [7, 11) is 2.07. The fourth-order valence-electron chi connectivity index (χ4n) is 2.68. The molecule has 19 heavy (non-hydrogen) atoms. The summed E-state index contributed by atoms with van der Waals surface area (Å²) in [6, 6.07) is 14.4. The van der Waals surface area contributed by atoms with Gasteiger partial charge in [-0.05, 0) is 18.2 Å². The average molecular weight is 250 g/mol. The number of hydrogen-bond donors (Lipinski definition) is 0. The van der Waals surface area contributed by atoms with E-state index in [0.717, 1.165) is 17.8 Å². The van der Waals surface area contributed by atoms with Crippen molar-refractivity contribution in [1.29, 1.82) is 0 Å². The van der Waals surface area contributed by atoms with Crippen molar-refractivity contribution in [3.8, 4) is 0 Å². The molecule has 0 spiro atoms. The van der Waals surface area contributed by atoms with E-state index in [-0.39, 0.29) is 0 Å². The lowest BCUT2D eigenvalue weighted by molar-refractivity contribution is 0.496. The Morgan fingerprint density at radius 2 is 1.79 bits per heavy atom. The van der Waals surface area contributed by atoms with E-state index in [1.54, 1.807) is 0 Å². The molecule has 0 saturated heterocycles. The molecule has 0 unspecified atom stereocenters. The minimum absolute atomic E-state index is 0.874. The van der Waals surface area contributed by atoms with Crippen LogP contribution in [0.5, 0.6) is 0 Å². The van der Waals surface area contributed by atoms with Gasteiger partial charge in [0.1, 0.15) is 11.2 Å². The number of para-hydroxylation sites is 1. The van der Waals surface area contributed by atoms with E-state index in [2.05, 4.69) is 47.4 Å². The third-order valence-electron chi connectivity index (χ3n) is 3.57. The van der Waals surface area contributed by atoms with Crippen molar-refractivity contribution in [3.63, 3.8) is 0 Å². The van der Waals surface area contributed by atoms with Crippen LogP contribution in [0.25, 0.3) is 21.9 Å². The molecule has 0 fully saturated rings. The van der Waals surface area contributed by atoms with E-state index >= 15 is 0 Å². The maximum absolute atomic E-state index is 5.92.